The molecular weight excluding hydrogens is 164 g/mol. The van der Waals surface area contributed by atoms with Crippen LogP contribution < -0.4 is 0 Å². The van der Waals surface area contributed by atoms with Crippen LogP contribution in [0.2, 0.25) is 0 Å². The summed E-state index contributed by atoms with van der Waals surface area (Å²) in [6.45, 7) is 9.11. The van der Waals surface area contributed by atoms with Crippen LogP contribution in [0.5, 0.6) is 0 Å². The molecule has 13 heavy (non-hydrogen) atoms. The average molecular weight is 184 g/mol. The highest BCUT2D eigenvalue weighted by atomic mass is 16.3. The molecule has 1 aliphatic heterocycles. The fourth-order valence-electron chi connectivity index (χ4n) is 1.88. The number of hydrogen-bond donors (Lipinski definition) is 1. The number of nitrogens with zero attached hydrogens (tertiary/aromatic N) is 2. The molecular formula is C10H20N2O. The number of likely N-dealkylation sites (N-methyl/N-ethyl adjacent to an activating group) is 1. The van der Waals surface area contributed by atoms with Crippen LogP contribution >= 0.6 is 0 Å². The molecule has 0 amide bonds. The summed E-state index contributed by atoms with van der Waals surface area (Å²) >= 11 is 0. The largest absolute Gasteiger partial charge is 0.395 e. The first-order valence-electron chi connectivity index (χ1n) is 4.85. The highest BCUT2D eigenvalue weighted by Gasteiger charge is 2.27. The van der Waals surface area contributed by atoms with Crippen molar-refractivity contribution in [2.75, 3.05) is 33.3 Å². The van der Waals surface area contributed by atoms with Crippen LogP contribution in [0, 0.1) is 0 Å². The standard InChI is InChI=1S/C10H20N2O/c1-4-5-12-6-9(2)11(3)10(7-12)8-13/h4,9-10,13H,1,5-8H2,2-3H3. The lowest BCUT2D eigenvalue weighted by Crippen LogP contribution is -2.57. The third kappa shape index (κ3) is 2.53. The molecule has 3 nitrogen and oxygen atoms in total. The SMILES string of the molecule is C=CCN1CC(C)N(C)C(CO)C1. The van der Waals surface area contributed by atoms with Gasteiger partial charge in [0.25, 0.3) is 0 Å². The topological polar surface area (TPSA) is 26.7 Å². The Balaban J connectivity index is 2.52. The van der Waals surface area contributed by atoms with E-state index in [2.05, 4.69) is 30.4 Å². The van der Waals surface area contributed by atoms with Gasteiger partial charge in [0.15, 0.2) is 0 Å². The molecule has 76 valence electrons. The van der Waals surface area contributed by atoms with Crippen molar-refractivity contribution in [3.8, 4) is 0 Å². The number of aliphatic hydroxyl groups excluding tert-OH is 1. The highest BCUT2D eigenvalue weighted by molar-refractivity contribution is 4.87. The molecule has 1 saturated heterocycles. The Bertz CT molecular complexity index is 172. The number of hydrogen-bond acceptors (Lipinski definition) is 3. The Morgan fingerprint density at radius 1 is 1.54 bits per heavy atom. The van der Waals surface area contributed by atoms with Gasteiger partial charge in [-0.25, -0.2) is 0 Å². The van der Waals surface area contributed by atoms with Crippen LogP contribution in [0.4, 0.5) is 0 Å². The van der Waals surface area contributed by atoms with E-state index < -0.39 is 0 Å². The van der Waals surface area contributed by atoms with Crippen LogP contribution in [0.3, 0.4) is 0 Å². The lowest BCUT2D eigenvalue weighted by Gasteiger charge is -2.42. The minimum Gasteiger partial charge on any atom is -0.395 e. The summed E-state index contributed by atoms with van der Waals surface area (Å²) in [6.07, 6.45) is 1.92. The van der Waals surface area contributed by atoms with Crippen molar-refractivity contribution in [2.24, 2.45) is 0 Å². The fraction of sp³-hybridized carbons (Fsp3) is 0.800. The maximum Gasteiger partial charge on any atom is 0.0599 e. The first-order chi connectivity index (χ1) is 6.19. The van der Waals surface area contributed by atoms with Crippen LogP contribution in [0.15, 0.2) is 12.7 Å². The Hall–Kier alpha value is -0.380. The van der Waals surface area contributed by atoms with Crippen molar-refractivity contribution in [3.63, 3.8) is 0 Å². The highest BCUT2D eigenvalue weighted by Crippen LogP contribution is 2.12. The lowest BCUT2D eigenvalue weighted by atomic mass is 10.1. The Morgan fingerprint density at radius 3 is 2.77 bits per heavy atom. The zero-order chi connectivity index (χ0) is 9.84. The number of aliphatic hydroxyl groups is 1. The van der Waals surface area contributed by atoms with Crippen molar-refractivity contribution >= 4 is 0 Å². The molecule has 0 aromatic heterocycles. The van der Waals surface area contributed by atoms with Gasteiger partial charge in [0.1, 0.15) is 0 Å². The molecule has 1 rings (SSSR count). The Labute approximate surface area is 80.6 Å². The summed E-state index contributed by atoms with van der Waals surface area (Å²) in [6, 6.07) is 0.801. The second kappa shape index (κ2) is 4.74. The molecule has 1 N–H and O–H groups in total. The summed E-state index contributed by atoms with van der Waals surface area (Å²) in [7, 11) is 2.08. The maximum atomic E-state index is 9.17. The van der Waals surface area contributed by atoms with E-state index >= 15 is 0 Å². The van der Waals surface area contributed by atoms with Gasteiger partial charge < -0.3 is 5.11 Å². The molecule has 0 aliphatic carbocycles. The molecule has 1 aliphatic rings. The van der Waals surface area contributed by atoms with Crippen LogP contribution in [-0.2, 0) is 0 Å². The van der Waals surface area contributed by atoms with E-state index in [1.165, 1.54) is 0 Å². The minimum atomic E-state index is 0.245. The fourth-order valence-corrected chi connectivity index (χ4v) is 1.88. The van der Waals surface area contributed by atoms with Crippen molar-refractivity contribution < 1.29 is 5.11 Å². The van der Waals surface area contributed by atoms with E-state index in [4.69, 9.17) is 0 Å². The predicted molar refractivity (Wildman–Crippen MR) is 54.7 cm³/mol. The summed E-state index contributed by atoms with van der Waals surface area (Å²) in [5.41, 5.74) is 0. The van der Waals surface area contributed by atoms with Crippen molar-refractivity contribution in [1.82, 2.24) is 9.80 Å². The van der Waals surface area contributed by atoms with E-state index in [-0.39, 0.29) is 12.6 Å². The van der Waals surface area contributed by atoms with Gasteiger partial charge in [0.2, 0.25) is 0 Å². The van der Waals surface area contributed by atoms with E-state index in [0.717, 1.165) is 19.6 Å². The van der Waals surface area contributed by atoms with Gasteiger partial charge in [-0.3, -0.25) is 9.80 Å². The quantitative estimate of drug-likeness (QED) is 0.633. The van der Waals surface area contributed by atoms with Gasteiger partial charge in [-0.15, -0.1) is 6.58 Å². The molecule has 0 spiro atoms. The normalized spacial score (nSPS) is 31.9. The molecule has 1 heterocycles. The van der Waals surface area contributed by atoms with Crippen molar-refractivity contribution in [3.05, 3.63) is 12.7 Å². The maximum absolute atomic E-state index is 9.17. The van der Waals surface area contributed by atoms with Gasteiger partial charge in [0, 0.05) is 31.7 Å². The zero-order valence-corrected chi connectivity index (χ0v) is 8.61. The summed E-state index contributed by atoms with van der Waals surface area (Å²) < 4.78 is 0. The minimum absolute atomic E-state index is 0.245. The van der Waals surface area contributed by atoms with E-state index in [9.17, 15) is 5.11 Å². The van der Waals surface area contributed by atoms with Crippen LogP contribution in [0.1, 0.15) is 6.92 Å². The number of rotatable bonds is 3. The molecule has 2 atom stereocenters. The van der Waals surface area contributed by atoms with Gasteiger partial charge in [-0.05, 0) is 14.0 Å². The molecule has 0 radical (unpaired) electrons. The van der Waals surface area contributed by atoms with Gasteiger partial charge in [-0.1, -0.05) is 6.08 Å². The second-order valence-electron chi connectivity index (χ2n) is 3.86. The van der Waals surface area contributed by atoms with E-state index in [1.54, 1.807) is 0 Å². The Kier molecular flexibility index (Phi) is 3.90. The Morgan fingerprint density at radius 2 is 2.23 bits per heavy atom. The molecule has 2 unspecified atom stereocenters. The van der Waals surface area contributed by atoms with E-state index in [1.807, 2.05) is 6.08 Å². The zero-order valence-electron chi connectivity index (χ0n) is 8.61. The first kappa shape index (κ1) is 10.7. The predicted octanol–water partition coefficient (Wildman–Crippen LogP) is 0.169. The molecule has 0 saturated carbocycles. The first-order valence-corrected chi connectivity index (χ1v) is 4.85. The third-order valence-electron chi connectivity index (χ3n) is 2.86. The van der Waals surface area contributed by atoms with Crippen molar-refractivity contribution in [2.45, 2.75) is 19.0 Å². The lowest BCUT2D eigenvalue weighted by molar-refractivity contribution is 0.0274. The van der Waals surface area contributed by atoms with E-state index in [0.29, 0.717) is 6.04 Å². The van der Waals surface area contributed by atoms with Crippen LogP contribution in [-0.4, -0.2) is 60.3 Å². The summed E-state index contributed by atoms with van der Waals surface area (Å²) in [5.74, 6) is 0. The number of piperazine rings is 1. The molecule has 1 fully saturated rings. The van der Waals surface area contributed by atoms with Crippen LogP contribution in [0.25, 0.3) is 0 Å². The molecule has 0 aromatic carbocycles. The van der Waals surface area contributed by atoms with Gasteiger partial charge in [-0.2, -0.15) is 0 Å². The van der Waals surface area contributed by atoms with Gasteiger partial charge >= 0.3 is 0 Å². The van der Waals surface area contributed by atoms with Gasteiger partial charge in [0.05, 0.1) is 6.61 Å². The second-order valence-corrected chi connectivity index (χ2v) is 3.86. The molecule has 0 aromatic rings. The van der Waals surface area contributed by atoms with Crippen molar-refractivity contribution in [1.29, 1.82) is 0 Å². The molecule has 0 bridgehead atoms. The summed E-state index contributed by atoms with van der Waals surface area (Å²) in [4.78, 5) is 4.58. The summed E-state index contributed by atoms with van der Waals surface area (Å²) in [5, 5.41) is 9.17. The monoisotopic (exact) mass is 184 g/mol. The smallest absolute Gasteiger partial charge is 0.0599 e. The third-order valence-corrected chi connectivity index (χ3v) is 2.86. The average Bonchev–Trinajstić information content (AvgIpc) is 2.11. The molecule has 3 heteroatoms.